The smallest absolute Gasteiger partial charge is 0.156 e. The van der Waals surface area contributed by atoms with E-state index in [1.54, 1.807) is 7.11 Å². The number of allylic oxidation sites excluding steroid dienone is 2. The second kappa shape index (κ2) is 4.45. The highest BCUT2D eigenvalue weighted by atomic mass is 16.5. The van der Waals surface area contributed by atoms with E-state index in [0.29, 0.717) is 6.42 Å². The van der Waals surface area contributed by atoms with Crippen LogP contribution in [0.15, 0.2) is 48.6 Å². The van der Waals surface area contributed by atoms with E-state index >= 15 is 0 Å². The maximum absolute atomic E-state index is 11.3. The third kappa shape index (κ3) is 1.72. The molecular weight excluding hydrogens is 200 g/mol. The van der Waals surface area contributed by atoms with Crippen LogP contribution < -0.4 is 0 Å². The van der Waals surface area contributed by atoms with E-state index in [4.69, 9.17) is 4.74 Å². The SMILES string of the molecule is COC1(C=O)CC=CC=C1c1ccccc1. The molecule has 1 aromatic rings. The summed E-state index contributed by atoms with van der Waals surface area (Å²) in [6.07, 6.45) is 7.33. The normalized spacial score (nSPS) is 23.9. The molecule has 1 unspecified atom stereocenters. The Bertz CT molecular complexity index is 431. The summed E-state index contributed by atoms with van der Waals surface area (Å²) in [5, 5.41) is 0. The minimum Gasteiger partial charge on any atom is -0.366 e. The summed E-state index contributed by atoms with van der Waals surface area (Å²) >= 11 is 0. The summed E-state index contributed by atoms with van der Waals surface area (Å²) < 4.78 is 5.41. The summed E-state index contributed by atoms with van der Waals surface area (Å²) in [6.45, 7) is 0. The summed E-state index contributed by atoms with van der Waals surface area (Å²) in [5.41, 5.74) is 1.13. The first-order valence-electron chi connectivity index (χ1n) is 5.26. The van der Waals surface area contributed by atoms with Gasteiger partial charge in [0.15, 0.2) is 11.9 Å². The molecule has 1 atom stereocenters. The van der Waals surface area contributed by atoms with Gasteiger partial charge in [-0.1, -0.05) is 48.6 Å². The van der Waals surface area contributed by atoms with Crippen molar-refractivity contribution >= 4 is 11.9 Å². The lowest BCUT2D eigenvalue weighted by molar-refractivity contribution is -0.121. The molecule has 0 saturated carbocycles. The van der Waals surface area contributed by atoms with Crippen LogP contribution in [0, 0.1) is 0 Å². The lowest BCUT2D eigenvalue weighted by Crippen LogP contribution is -2.35. The Hall–Kier alpha value is -1.67. The molecule has 0 aromatic heterocycles. The lowest BCUT2D eigenvalue weighted by atomic mass is 9.83. The largest absolute Gasteiger partial charge is 0.366 e. The maximum Gasteiger partial charge on any atom is 0.156 e. The average Bonchev–Trinajstić information content (AvgIpc) is 2.39. The third-order valence-corrected chi connectivity index (χ3v) is 2.92. The standard InChI is InChI=1S/C14H14O2/c1-16-14(11-15)10-6-5-9-13(14)12-7-3-2-4-8-12/h2-9,11H,10H2,1H3. The van der Waals surface area contributed by atoms with Crippen LogP contribution in [0.25, 0.3) is 5.57 Å². The third-order valence-electron chi connectivity index (χ3n) is 2.92. The van der Waals surface area contributed by atoms with Crippen molar-refractivity contribution in [1.82, 2.24) is 0 Å². The van der Waals surface area contributed by atoms with Gasteiger partial charge >= 0.3 is 0 Å². The number of carbonyl (C=O) groups is 1. The fourth-order valence-electron chi connectivity index (χ4n) is 1.97. The topological polar surface area (TPSA) is 26.3 Å². The van der Waals surface area contributed by atoms with E-state index in [2.05, 4.69) is 0 Å². The second-order valence-electron chi connectivity index (χ2n) is 3.79. The zero-order valence-electron chi connectivity index (χ0n) is 9.22. The van der Waals surface area contributed by atoms with Crippen molar-refractivity contribution in [3.8, 4) is 0 Å². The van der Waals surface area contributed by atoms with Crippen molar-refractivity contribution in [3.63, 3.8) is 0 Å². The predicted molar refractivity (Wildman–Crippen MR) is 64.0 cm³/mol. The molecule has 16 heavy (non-hydrogen) atoms. The second-order valence-corrected chi connectivity index (χ2v) is 3.79. The quantitative estimate of drug-likeness (QED) is 0.723. The van der Waals surface area contributed by atoms with Gasteiger partial charge in [0, 0.05) is 13.5 Å². The van der Waals surface area contributed by atoms with Gasteiger partial charge in [0.25, 0.3) is 0 Å². The van der Waals surface area contributed by atoms with Crippen molar-refractivity contribution in [1.29, 1.82) is 0 Å². The highest BCUT2D eigenvalue weighted by Crippen LogP contribution is 2.34. The molecule has 82 valence electrons. The van der Waals surface area contributed by atoms with Gasteiger partial charge in [0.1, 0.15) is 0 Å². The van der Waals surface area contributed by atoms with Crippen molar-refractivity contribution in [2.75, 3.05) is 7.11 Å². The number of aldehydes is 1. The lowest BCUT2D eigenvalue weighted by Gasteiger charge is -2.30. The molecule has 2 nitrogen and oxygen atoms in total. The summed E-state index contributed by atoms with van der Waals surface area (Å²) in [6, 6.07) is 9.85. The number of hydrogen-bond donors (Lipinski definition) is 0. The molecular formula is C14H14O2. The molecule has 0 aliphatic heterocycles. The summed E-state index contributed by atoms with van der Waals surface area (Å²) in [5.74, 6) is 0. The van der Waals surface area contributed by atoms with Crippen LogP contribution in [0.1, 0.15) is 12.0 Å². The number of rotatable bonds is 3. The molecule has 0 fully saturated rings. The van der Waals surface area contributed by atoms with Gasteiger partial charge < -0.3 is 4.74 Å². The van der Waals surface area contributed by atoms with Gasteiger partial charge in [-0.15, -0.1) is 0 Å². The van der Waals surface area contributed by atoms with Crippen molar-refractivity contribution < 1.29 is 9.53 Å². The Labute approximate surface area is 95.2 Å². The molecule has 0 heterocycles. The van der Waals surface area contributed by atoms with Gasteiger partial charge in [-0.25, -0.2) is 0 Å². The Morgan fingerprint density at radius 1 is 1.31 bits per heavy atom. The van der Waals surface area contributed by atoms with Crippen molar-refractivity contribution in [2.45, 2.75) is 12.0 Å². The van der Waals surface area contributed by atoms with Crippen LogP contribution >= 0.6 is 0 Å². The number of benzene rings is 1. The molecule has 1 aliphatic carbocycles. The number of hydrogen-bond acceptors (Lipinski definition) is 2. The Morgan fingerprint density at radius 3 is 2.69 bits per heavy atom. The summed E-state index contributed by atoms with van der Waals surface area (Å²) in [7, 11) is 1.57. The molecule has 0 saturated heterocycles. The zero-order valence-corrected chi connectivity index (χ0v) is 9.22. The Kier molecular flexibility index (Phi) is 3.02. The first kappa shape index (κ1) is 10.8. The first-order valence-corrected chi connectivity index (χ1v) is 5.26. The molecule has 0 amide bonds. The van der Waals surface area contributed by atoms with E-state index in [-0.39, 0.29) is 0 Å². The van der Waals surface area contributed by atoms with Crippen LogP contribution in [0.3, 0.4) is 0 Å². The van der Waals surface area contributed by atoms with Crippen LogP contribution in [0.4, 0.5) is 0 Å². The van der Waals surface area contributed by atoms with E-state index in [1.165, 1.54) is 0 Å². The minimum atomic E-state index is -0.823. The Balaban J connectivity index is 2.48. The molecule has 2 heteroatoms. The van der Waals surface area contributed by atoms with E-state index in [1.807, 2.05) is 48.6 Å². The minimum absolute atomic E-state index is 0.591. The molecule has 2 rings (SSSR count). The molecule has 1 aromatic carbocycles. The molecule has 0 bridgehead atoms. The highest BCUT2D eigenvalue weighted by molar-refractivity contribution is 5.90. The molecule has 0 spiro atoms. The van der Waals surface area contributed by atoms with E-state index < -0.39 is 5.60 Å². The number of ether oxygens (including phenoxy) is 1. The summed E-state index contributed by atoms with van der Waals surface area (Å²) in [4.78, 5) is 11.3. The van der Waals surface area contributed by atoms with E-state index in [9.17, 15) is 4.79 Å². The van der Waals surface area contributed by atoms with Crippen LogP contribution in [0.2, 0.25) is 0 Å². The van der Waals surface area contributed by atoms with Gasteiger partial charge in [-0.05, 0) is 11.1 Å². The molecule has 1 aliphatic rings. The predicted octanol–water partition coefficient (Wildman–Crippen LogP) is 2.61. The van der Waals surface area contributed by atoms with E-state index in [0.717, 1.165) is 17.4 Å². The monoisotopic (exact) mass is 214 g/mol. The zero-order chi connectivity index (χ0) is 11.4. The average molecular weight is 214 g/mol. The van der Waals surface area contributed by atoms with Gasteiger partial charge in [0.05, 0.1) is 0 Å². The highest BCUT2D eigenvalue weighted by Gasteiger charge is 2.34. The van der Waals surface area contributed by atoms with Crippen LogP contribution in [-0.4, -0.2) is 19.0 Å². The fraction of sp³-hybridized carbons (Fsp3) is 0.214. The van der Waals surface area contributed by atoms with Crippen molar-refractivity contribution in [2.24, 2.45) is 0 Å². The van der Waals surface area contributed by atoms with Crippen molar-refractivity contribution in [3.05, 3.63) is 54.1 Å². The molecule has 0 N–H and O–H groups in total. The number of carbonyl (C=O) groups excluding carboxylic acids is 1. The van der Waals surface area contributed by atoms with Gasteiger partial charge in [0.2, 0.25) is 0 Å². The molecule has 0 radical (unpaired) electrons. The van der Waals surface area contributed by atoms with Gasteiger partial charge in [-0.2, -0.15) is 0 Å². The van der Waals surface area contributed by atoms with Gasteiger partial charge in [-0.3, -0.25) is 4.79 Å². The maximum atomic E-state index is 11.3. The van der Waals surface area contributed by atoms with Crippen LogP contribution in [0.5, 0.6) is 0 Å². The van der Waals surface area contributed by atoms with Crippen LogP contribution in [-0.2, 0) is 9.53 Å². The fourth-order valence-corrected chi connectivity index (χ4v) is 1.97. The Morgan fingerprint density at radius 2 is 2.06 bits per heavy atom. The first-order chi connectivity index (χ1) is 7.82. The number of methoxy groups -OCH3 is 1.